The average Bonchev–Trinajstić information content (AvgIpc) is 3.61. The van der Waals surface area contributed by atoms with Gasteiger partial charge in [0.25, 0.3) is 5.91 Å². The Balaban J connectivity index is 1.17. The molecule has 2 amide bonds. The van der Waals surface area contributed by atoms with Gasteiger partial charge in [0.2, 0.25) is 18.7 Å². The predicted molar refractivity (Wildman–Crippen MR) is 205 cm³/mol. The lowest BCUT2D eigenvalue weighted by atomic mass is 9.94. The minimum Gasteiger partial charge on any atom is -0.428 e. The molecular weight excluding hydrogens is 709 g/mol. The number of rotatable bonds is 13. The molecule has 15 nitrogen and oxygen atoms in total. The van der Waals surface area contributed by atoms with Gasteiger partial charge in [0.1, 0.15) is 0 Å². The van der Waals surface area contributed by atoms with Crippen LogP contribution in [-0.4, -0.2) is 85.1 Å². The van der Waals surface area contributed by atoms with Crippen LogP contribution in [-0.2, 0) is 25.6 Å². The Morgan fingerprint density at radius 3 is 2.60 bits per heavy atom. The smallest absolute Gasteiger partial charge is 0.412 e. The average molecular weight is 754 g/mol. The number of pyridine rings is 1. The van der Waals surface area contributed by atoms with E-state index in [4.69, 9.17) is 24.4 Å². The summed E-state index contributed by atoms with van der Waals surface area (Å²) in [6.45, 7) is 11.2. The van der Waals surface area contributed by atoms with Crippen molar-refractivity contribution in [3.63, 3.8) is 0 Å². The lowest BCUT2D eigenvalue weighted by molar-refractivity contribution is -0.156. The van der Waals surface area contributed by atoms with Gasteiger partial charge in [0.15, 0.2) is 11.5 Å². The zero-order chi connectivity index (χ0) is 39.2. The summed E-state index contributed by atoms with van der Waals surface area (Å²) < 4.78 is 25.0. The number of carbonyl (C=O) groups is 3. The molecule has 2 aromatic carbocycles. The largest absolute Gasteiger partial charge is 0.428 e. The van der Waals surface area contributed by atoms with Gasteiger partial charge in [-0.25, -0.2) is 9.18 Å². The van der Waals surface area contributed by atoms with Gasteiger partial charge in [-0.2, -0.15) is 19.6 Å². The number of halogens is 1. The van der Waals surface area contributed by atoms with Crippen molar-refractivity contribution in [1.29, 1.82) is 0 Å². The van der Waals surface area contributed by atoms with Crippen LogP contribution in [0.15, 0.2) is 73.3 Å². The maximum absolute atomic E-state index is 13.3. The number of aliphatic hydroxyl groups excluding tert-OH is 1. The van der Waals surface area contributed by atoms with Gasteiger partial charge in [-0.3, -0.25) is 14.6 Å². The first-order valence-electron chi connectivity index (χ1n) is 18.0. The molecule has 3 aromatic heterocycles. The third kappa shape index (κ3) is 8.97. The van der Waals surface area contributed by atoms with Crippen LogP contribution < -0.4 is 16.0 Å². The molecule has 1 aliphatic rings. The molecule has 1 aliphatic heterocycles. The quantitative estimate of drug-likeness (QED) is 0.0637. The number of piperidine rings is 1. The molecule has 0 saturated carbocycles. The van der Waals surface area contributed by atoms with Crippen molar-refractivity contribution in [2.75, 3.05) is 42.4 Å². The normalized spacial score (nSPS) is 15.7. The molecule has 16 heteroatoms. The lowest BCUT2D eigenvalue weighted by Crippen LogP contribution is -2.48. The van der Waals surface area contributed by atoms with Gasteiger partial charge in [-0.15, -0.1) is 0 Å². The van der Waals surface area contributed by atoms with Crippen molar-refractivity contribution in [1.82, 2.24) is 29.5 Å². The molecule has 288 valence electrons. The number of fused-ring (bicyclic) bond motifs is 2. The second-order valence-corrected chi connectivity index (χ2v) is 13.9. The van der Waals surface area contributed by atoms with Gasteiger partial charge >= 0.3 is 12.1 Å². The molecule has 0 radical (unpaired) electrons. The third-order valence-corrected chi connectivity index (χ3v) is 9.35. The number of nitrogens with zero attached hydrogens (tertiary/aromatic N) is 6. The SMILES string of the molecule is C=C(F)C(=O)Nc1ccc2c(-c3ccccc3CNc3nc(NC[C@H]4CCN(C(=O)OCOC(=O)C(C)C)C[C@@H]4O)nc4c(C(C)C)cnn34)nccc2c1. The topological polar surface area (TPSA) is 185 Å². The van der Waals surface area contributed by atoms with E-state index in [1.807, 2.05) is 36.4 Å². The van der Waals surface area contributed by atoms with Crippen molar-refractivity contribution in [3.8, 4) is 11.3 Å². The Labute approximate surface area is 317 Å². The highest BCUT2D eigenvalue weighted by Gasteiger charge is 2.31. The predicted octanol–water partition coefficient (Wildman–Crippen LogP) is 5.88. The Kier molecular flexibility index (Phi) is 11.8. The van der Waals surface area contributed by atoms with Crippen molar-refractivity contribution in [2.24, 2.45) is 11.8 Å². The van der Waals surface area contributed by atoms with E-state index in [1.54, 1.807) is 42.9 Å². The van der Waals surface area contributed by atoms with E-state index in [0.717, 1.165) is 33.2 Å². The number of anilines is 3. The van der Waals surface area contributed by atoms with E-state index in [0.29, 0.717) is 49.3 Å². The van der Waals surface area contributed by atoms with Crippen LogP contribution in [0, 0.1) is 11.8 Å². The van der Waals surface area contributed by atoms with Crippen molar-refractivity contribution in [2.45, 2.75) is 52.7 Å². The lowest BCUT2D eigenvalue weighted by Gasteiger charge is -2.35. The summed E-state index contributed by atoms with van der Waals surface area (Å²) in [5.74, 6) is -2.05. The highest BCUT2D eigenvalue weighted by Crippen LogP contribution is 2.32. The first-order valence-corrected chi connectivity index (χ1v) is 18.0. The number of aromatic nitrogens is 5. The van der Waals surface area contributed by atoms with Crippen LogP contribution in [0.3, 0.4) is 0 Å². The minimum absolute atomic E-state index is 0.0636. The molecular formula is C39H44FN9O6. The monoisotopic (exact) mass is 753 g/mol. The van der Waals surface area contributed by atoms with Gasteiger partial charge < -0.3 is 35.4 Å². The number of nitrogens with one attached hydrogen (secondary N) is 3. The van der Waals surface area contributed by atoms with Gasteiger partial charge in [-0.1, -0.05) is 64.6 Å². The number of β-amino-alcohol motifs (C(OH)–C–C–N with tert-alkyl or cyclic N) is 1. The van der Waals surface area contributed by atoms with Crippen molar-refractivity contribution >= 4 is 52.0 Å². The fraction of sp³-hybridized carbons (Fsp3) is 0.359. The number of aliphatic hydroxyl groups is 1. The Morgan fingerprint density at radius 2 is 1.85 bits per heavy atom. The highest BCUT2D eigenvalue weighted by molar-refractivity contribution is 6.04. The molecule has 4 N–H and O–H groups in total. The number of benzene rings is 2. The van der Waals surface area contributed by atoms with E-state index in [1.165, 1.54) is 4.90 Å². The van der Waals surface area contributed by atoms with Crippen LogP contribution in [0.5, 0.6) is 0 Å². The van der Waals surface area contributed by atoms with E-state index in [2.05, 4.69) is 41.5 Å². The third-order valence-electron chi connectivity index (χ3n) is 9.35. The van der Waals surface area contributed by atoms with Gasteiger partial charge in [0.05, 0.1) is 30.5 Å². The summed E-state index contributed by atoms with van der Waals surface area (Å²) in [4.78, 5) is 51.7. The summed E-state index contributed by atoms with van der Waals surface area (Å²) in [6.07, 6.45) is 2.46. The number of likely N-dealkylation sites (tertiary alicyclic amines) is 1. The summed E-state index contributed by atoms with van der Waals surface area (Å²) in [7, 11) is 0. The summed E-state index contributed by atoms with van der Waals surface area (Å²) >= 11 is 0. The van der Waals surface area contributed by atoms with E-state index >= 15 is 0 Å². The molecule has 2 atom stereocenters. The number of ether oxygens (including phenoxy) is 2. The molecule has 1 saturated heterocycles. The fourth-order valence-corrected chi connectivity index (χ4v) is 6.25. The zero-order valence-corrected chi connectivity index (χ0v) is 31.1. The molecule has 1 fully saturated rings. The number of esters is 1. The minimum atomic E-state index is -1.07. The molecule has 0 unspecified atom stereocenters. The van der Waals surface area contributed by atoms with Crippen LogP contribution >= 0.6 is 0 Å². The van der Waals surface area contributed by atoms with E-state index in [-0.39, 0.29) is 24.3 Å². The first-order chi connectivity index (χ1) is 26.4. The van der Waals surface area contributed by atoms with E-state index < -0.39 is 36.7 Å². The number of carbonyl (C=O) groups excluding carboxylic acids is 3. The van der Waals surface area contributed by atoms with E-state index in [9.17, 15) is 23.9 Å². The summed E-state index contributed by atoms with van der Waals surface area (Å²) in [6, 6.07) is 14.9. The fourth-order valence-electron chi connectivity index (χ4n) is 6.25. The zero-order valence-electron chi connectivity index (χ0n) is 31.1. The Bertz CT molecular complexity index is 2230. The second-order valence-electron chi connectivity index (χ2n) is 13.9. The van der Waals surface area contributed by atoms with Crippen LogP contribution in [0.25, 0.3) is 27.7 Å². The Morgan fingerprint density at radius 1 is 1.05 bits per heavy atom. The first kappa shape index (κ1) is 38.6. The molecule has 6 rings (SSSR count). The second kappa shape index (κ2) is 16.9. The number of hydrogen-bond acceptors (Lipinski definition) is 12. The molecule has 0 aliphatic carbocycles. The van der Waals surface area contributed by atoms with Gasteiger partial charge in [0, 0.05) is 53.9 Å². The molecule has 4 heterocycles. The summed E-state index contributed by atoms with van der Waals surface area (Å²) in [5, 5.41) is 26.4. The van der Waals surface area contributed by atoms with Crippen LogP contribution in [0.1, 0.15) is 51.2 Å². The number of amides is 2. The molecule has 0 bridgehead atoms. The van der Waals surface area contributed by atoms with Crippen LogP contribution in [0.2, 0.25) is 0 Å². The van der Waals surface area contributed by atoms with Gasteiger partial charge in [-0.05, 0) is 41.5 Å². The van der Waals surface area contributed by atoms with Crippen molar-refractivity contribution < 1.29 is 33.4 Å². The molecule has 5 aromatic rings. The molecule has 55 heavy (non-hydrogen) atoms. The Hall–Kier alpha value is -6.16. The van der Waals surface area contributed by atoms with Crippen LogP contribution in [0.4, 0.5) is 26.8 Å². The van der Waals surface area contributed by atoms with Crippen molar-refractivity contribution in [3.05, 3.63) is 84.5 Å². The molecule has 0 spiro atoms. The maximum Gasteiger partial charge on any atom is 0.412 e. The summed E-state index contributed by atoms with van der Waals surface area (Å²) in [5.41, 5.74) is 4.54. The number of hydrogen-bond donors (Lipinski definition) is 4. The standard InChI is InChI=1S/C39H44FN9O6/c1-22(2)31-19-44-49-34(31)46-37(42-18-27-13-15-48(20-32(27)50)39(53)55-21-54-36(52)23(3)4)47-38(49)43-17-26-8-6-7-9-29(26)33-30-11-10-28(45-35(51)24(5)40)16-25(30)12-14-41-33/h6-12,14,16,19,22-23,27,32,50H,5,13,15,17-18,20-21H2,1-4H3,(H,45,51)(H2,42,43,46,47)/t27-,32+/m1/s1. The highest BCUT2D eigenvalue weighted by atomic mass is 19.1. The maximum atomic E-state index is 13.3.